The number of hydrogen-bond acceptors (Lipinski definition) is 5. The van der Waals surface area contributed by atoms with Crippen LogP contribution in [0.5, 0.6) is 5.75 Å². The number of aromatic amines is 1. The van der Waals surface area contributed by atoms with Crippen molar-refractivity contribution in [3.63, 3.8) is 0 Å². The van der Waals surface area contributed by atoms with E-state index < -0.39 is 0 Å². The molecule has 0 bridgehead atoms. The molecule has 0 spiro atoms. The standard InChI is InChI=1S/C15H16N4O2S/c1-3-21-12-6-4-5-11-14(12)10(8-16-11)7-13(20)19(2)15-18-17-9-22-15/h4-6,8-9,16H,3,7H2,1-2H3. The highest BCUT2D eigenvalue weighted by Crippen LogP contribution is 2.29. The van der Waals surface area contributed by atoms with Crippen molar-refractivity contribution >= 4 is 33.3 Å². The van der Waals surface area contributed by atoms with Crippen LogP contribution in [-0.2, 0) is 11.2 Å². The van der Waals surface area contributed by atoms with Crippen LogP contribution in [0, 0.1) is 0 Å². The zero-order chi connectivity index (χ0) is 15.5. The lowest BCUT2D eigenvalue weighted by atomic mass is 10.1. The number of H-pyrrole nitrogens is 1. The number of ether oxygens (including phenoxy) is 1. The monoisotopic (exact) mass is 316 g/mol. The van der Waals surface area contributed by atoms with Crippen LogP contribution in [0.4, 0.5) is 5.13 Å². The Morgan fingerprint density at radius 3 is 3.05 bits per heavy atom. The van der Waals surface area contributed by atoms with Gasteiger partial charge in [-0.25, -0.2) is 0 Å². The fourth-order valence-electron chi connectivity index (χ4n) is 2.34. The predicted molar refractivity (Wildman–Crippen MR) is 86.5 cm³/mol. The number of carbonyl (C=O) groups excluding carboxylic acids is 1. The summed E-state index contributed by atoms with van der Waals surface area (Å²) in [4.78, 5) is 17.1. The molecule has 7 heteroatoms. The second kappa shape index (κ2) is 6.15. The van der Waals surface area contributed by atoms with Crippen molar-refractivity contribution in [1.29, 1.82) is 0 Å². The number of carbonyl (C=O) groups is 1. The van der Waals surface area contributed by atoms with Gasteiger partial charge in [-0.15, -0.1) is 10.2 Å². The van der Waals surface area contributed by atoms with Crippen molar-refractivity contribution in [3.8, 4) is 5.75 Å². The summed E-state index contributed by atoms with van der Waals surface area (Å²) in [7, 11) is 1.71. The topological polar surface area (TPSA) is 71.1 Å². The molecule has 0 saturated heterocycles. The molecule has 0 aliphatic carbocycles. The van der Waals surface area contributed by atoms with Crippen LogP contribution in [0.3, 0.4) is 0 Å². The summed E-state index contributed by atoms with van der Waals surface area (Å²) in [6.07, 6.45) is 2.14. The van der Waals surface area contributed by atoms with Crippen LogP contribution in [-0.4, -0.2) is 34.7 Å². The molecule has 6 nitrogen and oxygen atoms in total. The molecule has 0 aliphatic heterocycles. The number of nitrogens with zero attached hydrogens (tertiary/aromatic N) is 3. The number of likely N-dealkylation sites (N-methyl/N-ethyl adjacent to an activating group) is 1. The summed E-state index contributed by atoms with van der Waals surface area (Å²) >= 11 is 1.34. The van der Waals surface area contributed by atoms with E-state index in [1.165, 1.54) is 16.2 Å². The van der Waals surface area contributed by atoms with Crippen molar-refractivity contribution in [2.45, 2.75) is 13.3 Å². The highest BCUT2D eigenvalue weighted by atomic mass is 32.1. The van der Waals surface area contributed by atoms with Gasteiger partial charge in [0.1, 0.15) is 11.3 Å². The minimum atomic E-state index is -0.0380. The Morgan fingerprint density at radius 2 is 2.32 bits per heavy atom. The van der Waals surface area contributed by atoms with Crippen LogP contribution in [0.15, 0.2) is 29.9 Å². The summed E-state index contributed by atoms with van der Waals surface area (Å²) in [5, 5.41) is 9.23. The summed E-state index contributed by atoms with van der Waals surface area (Å²) in [6, 6.07) is 5.82. The van der Waals surface area contributed by atoms with Gasteiger partial charge in [-0.1, -0.05) is 17.4 Å². The van der Waals surface area contributed by atoms with Gasteiger partial charge in [-0.3, -0.25) is 9.69 Å². The molecule has 22 heavy (non-hydrogen) atoms. The fourth-order valence-corrected chi connectivity index (χ4v) is 2.88. The van der Waals surface area contributed by atoms with E-state index in [2.05, 4.69) is 15.2 Å². The molecule has 2 heterocycles. The molecular weight excluding hydrogens is 300 g/mol. The van der Waals surface area contributed by atoms with Gasteiger partial charge in [0.25, 0.3) is 0 Å². The maximum atomic E-state index is 12.4. The maximum absolute atomic E-state index is 12.4. The van der Waals surface area contributed by atoms with E-state index in [1.807, 2.05) is 31.3 Å². The lowest BCUT2D eigenvalue weighted by Crippen LogP contribution is -2.27. The molecule has 0 saturated carbocycles. The van der Waals surface area contributed by atoms with Gasteiger partial charge in [0.05, 0.1) is 13.0 Å². The van der Waals surface area contributed by atoms with E-state index in [0.29, 0.717) is 11.7 Å². The molecule has 0 fully saturated rings. The molecule has 0 aliphatic rings. The molecule has 0 atom stereocenters. The Hall–Kier alpha value is -2.41. The minimum Gasteiger partial charge on any atom is -0.493 e. The Bertz CT molecular complexity index is 782. The van der Waals surface area contributed by atoms with E-state index in [9.17, 15) is 4.79 Å². The number of nitrogens with one attached hydrogen (secondary N) is 1. The van der Waals surface area contributed by atoms with Crippen LogP contribution < -0.4 is 9.64 Å². The number of benzene rings is 1. The maximum Gasteiger partial charge on any atom is 0.233 e. The Balaban J connectivity index is 1.89. The summed E-state index contributed by atoms with van der Waals surface area (Å²) in [5.41, 5.74) is 3.49. The smallest absolute Gasteiger partial charge is 0.233 e. The number of rotatable bonds is 5. The molecule has 114 valence electrons. The second-order valence-corrected chi connectivity index (χ2v) is 5.59. The predicted octanol–water partition coefficient (Wildman–Crippen LogP) is 2.62. The first kappa shape index (κ1) is 14.5. The third kappa shape index (κ3) is 2.67. The van der Waals surface area contributed by atoms with Crippen LogP contribution in [0.2, 0.25) is 0 Å². The summed E-state index contributed by atoms with van der Waals surface area (Å²) in [6.45, 7) is 2.53. The quantitative estimate of drug-likeness (QED) is 0.785. The number of amides is 1. The van der Waals surface area contributed by atoms with Gasteiger partial charge in [-0.05, 0) is 24.6 Å². The Kier molecular flexibility index (Phi) is 4.06. The third-order valence-electron chi connectivity index (χ3n) is 3.40. The van der Waals surface area contributed by atoms with Crippen LogP contribution in [0.25, 0.3) is 10.9 Å². The van der Waals surface area contributed by atoms with E-state index in [1.54, 1.807) is 12.6 Å². The second-order valence-electron chi connectivity index (χ2n) is 4.78. The first-order valence-electron chi connectivity index (χ1n) is 6.95. The molecular formula is C15H16N4O2S. The summed E-state index contributed by atoms with van der Waals surface area (Å²) < 4.78 is 5.67. The van der Waals surface area contributed by atoms with Gasteiger partial charge in [0, 0.05) is 24.1 Å². The first-order valence-corrected chi connectivity index (χ1v) is 7.83. The lowest BCUT2D eigenvalue weighted by Gasteiger charge is -2.13. The van der Waals surface area contributed by atoms with Gasteiger partial charge in [-0.2, -0.15) is 0 Å². The number of anilines is 1. The van der Waals surface area contributed by atoms with Crippen LogP contribution >= 0.6 is 11.3 Å². The van der Waals surface area contributed by atoms with Crippen molar-refractivity contribution in [1.82, 2.24) is 15.2 Å². The number of fused-ring (bicyclic) bond motifs is 1. The Morgan fingerprint density at radius 1 is 1.45 bits per heavy atom. The van der Waals surface area contributed by atoms with E-state index in [0.717, 1.165) is 22.2 Å². The largest absolute Gasteiger partial charge is 0.493 e. The van der Waals surface area contributed by atoms with E-state index in [-0.39, 0.29) is 12.3 Å². The average molecular weight is 316 g/mol. The number of hydrogen-bond donors (Lipinski definition) is 1. The first-order chi connectivity index (χ1) is 10.7. The fraction of sp³-hybridized carbons (Fsp3) is 0.267. The molecule has 2 aromatic heterocycles. The Labute approximate surface area is 131 Å². The van der Waals surface area contributed by atoms with Gasteiger partial charge in [0.15, 0.2) is 0 Å². The molecule has 1 amide bonds. The van der Waals surface area contributed by atoms with E-state index >= 15 is 0 Å². The molecule has 1 N–H and O–H groups in total. The molecule has 3 aromatic rings. The van der Waals surface area contributed by atoms with Crippen molar-refractivity contribution in [2.75, 3.05) is 18.6 Å². The third-order valence-corrected chi connectivity index (χ3v) is 4.17. The average Bonchev–Trinajstić information content (AvgIpc) is 3.17. The van der Waals surface area contributed by atoms with Gasteiger partial charge >= 0.3 is 0 Å². The van der Waals surface area contributed by atoms with Crippen molar-refractivity contribution in [2.24, 2.45) is 0 Å². The summed E-state index contributed by atoms with van der Waals surface area (Å²) in [5.74, 6) is 0.756. The number of aromatic nitrogens is 3. The van der Waals surface area contributed by atoms with Crippen LogP contribution in [0.1, 0.15) is 12.5 Å². The molecule has 0 unspecified atom stereocenters. The van der Waals surface area contributed by atoms with Crippen molar-refractivity contribution in [3.05, 3.63) is 35.5 Å². The normalized spacial score (nSPS) is 10.8. The molecule has 3 rings (SSSR count). The lowest BCUT2D eigenvalue weighted by molar-refractivity contribution is -0.117. The minimum absolute atomic E-state index is 0.0380. The van der Waals surface area contributed by atoms with E-state index in [4.69, 9.17) is 4.74 Å². The SMILES string of the molecule is CCOc1cccc2[nH]cc(CC(=O)N(C)c3nncs3)c12. The highest BCUT2D eigenvalue weighted by molar-refractivity contribution is 7.13. The highest BCUT2D eigenvalue weighted by Gasteiger charge is 2.18. The molecule has 0 radical (unpaired) electrons. The van der Waals surface area contributed by atoms with Crippen molar-refractivity contribution < 1.29 is 9.53 Å². The molecule has 1 aromatic carbocycles. The zero-order valence-electron chi connectivity index (χ0n) is 12.4. The zero-order valence-corrected chi connectivity index (χ0v) is 13.2. The van der Waals surface area contributed by atoms with Gasteiger partial charge in [0.2, 0.25) is 11.0 Å². The van der Waals surface area contributed by atoms with Gasteiger partial charge < -0.3 is 9.72 Å².